The van der Waals surface area contributed by atoms with Crippen molar-refractivity contribution in [2.45, 2.75) is 44.8 Å². The lowest BCUT2D eigenvalue weighted by Gasteiger charge is -2.37. The minimum Gasteiger partial charge on any atom is -0.367 e. The molecule has 25 heavy (non-hydrogen) atoms. The van der Waals surface area contributed by atoms with E-state index in [0.29, 0.717) is 13.1 Å². The molecule has 130 valence electrons. The van der Waals surface area contributed by atoms with Gasteiger partial charge in [0.25, 0.3) is 5.91 Å². The number of hydrogen-bond donors (Lipinski definition) is 0. The zero-order chi connectivity index (χ0) is 17.2. The molecule has 0 aromatic heterocycles. The first-order valence-corrected chi connectivity index (χ1v) is 9.32. The molecular weight excluding hydrogens is 310 g/mol. The predicted octanol–water partition coefficient (Wildman–Crippen LogP) is 4.17. The van der Waals surface area contributed by atoms with Crippen LogP contribution in [0.25, 0.3) is 0 Å². The van der Waals surface area contributed by atoms with Gasteiger partial charge in [-0.05, 0) is 61.4 Å². The van der Waals surface area contributed by atoms with Crippen molar-refractivity contribution < 1.29 is 9.53 Å². The largest absolute Gasteiger partial charge is 0.367 e. The van der Waals surface area contributed by atoms with Gasteiger partial charge in [-0.25, -0.2) is 0 Å². The molecule has 0 radical (unpaired) electrons. The van der Waals surface area contributed by atoms with Crippen LogP contribution in [0.15, 0.2) is 48.5 Å². The minimum atomic E-state index is -0.0495. The number of amides is 1. The van der Waals surface area contributed by atoms with Crippen molar-refractivity contribution in [3.8, 4) is 0 Å². The summed E-state index contributed by atoms with van der Waals surface area (Å²) in [5, 5.41) is 0. The SMILES string of the molecule is CC1CN(C(=O)c2ccc3c(c2)CCCC3)CC(c2ccccc2)O1. The maximum atomic E-state index is 13.1. The fourth-order valence-electron chi connectivity index (χ4n) is 4.02. The summed E-state index contributed by atoms with van der Waals surface area (Å²) in [5.74, 6) is 0.129. The van der Waals surface area contributed by atoms with Crippen LogP contribution in [0.2, 0.25) is 0 Å². The number of benzene rings is 2. The second-order valence-electron chi connectivity index (χ2n) is 7.25. The Bertz CT molecular complexity index is 756. The van der Waals surface area contributed by atoms with Crippen LogP contribution in [0.4, 0.5) is 0 Å². The lowest BCUT2D eigenvalue weighted by atomic mass is 9.90. The van der Waals surface area contributed by atoms with E-state index < -0.39 is 0 Å². The molecule has 0 spiro atoms. The first-order valence-electron chi connectivity index (χ1n) is 9.32. The van der Waals surface area contributed by atoms with E-state index in [1.54, 1.807) is 0 Å². The maximum absolute atomic E-state index is 13.1. The highest BCUT2D eigenvalue weighted by molar-refractivity contribution is 5.94. The van der Waals surface area contributed by atoms with Gasteiger partial charge in [-0.1, -0.05) is 36.4 Å². The number of carbonyl (C=O) groups is 1. The molecule has 1 aliphatic carbocycles. The molecule has 2 aromatic carbocycles. The lowest BCUT2D eigenvalue weighted by molar-refractivity contribution is -0.0691. The van der Waals surface area contributed by atoms with Gasteiger partial charge in [0.15, 0.2) is 0 Å². The van der Waals surface area contributed by atoms with Crippen LogP contribution >= 0.6 is 0 Å². The lowest BCUT2D eigenvalue weighted by Crippen LogP contribution is -2.46. The van der Waals surface area contributed by atoms with Gasteiger partial charge in [-0.3, -0.25) is 4.79 Å². The Morgan fingerprint density at radius 2 is 1.76 bits per heavy atom. The van der Waals surface area contributed by atoms with Crippen molar-refractivity contribution in [3.63, 3.8) is 0 Å². The summed E-state index contributed by atoms with van der Waals surface area (Å²) in [6.45, 7) is 3.31. The van der Waals surface area contributed by atoms with Crippen LogP contribution in [0, 0.1) is 0 Å². The van der Waals surface area contributed by atoms with Gasteiger partial charge < -0.3 is 9.64 Å². The van der Waals surface area contributed by atoms with E-state index in [2.05, 4.69) is 24.3 Å². The number of rotatable bonds is 2. The van der Waals surface area contributed by atoms with Crippen LogP contribution in [0.3, 0.4) is 0 Å². The third kappa shape index (κ3) is 3.47. The molecule has 2 unspecified atom stereocenters. The van der Waals surface area contributed by atoms with Crippen molar-refractivity contribution in [2.24, 2.45) is 0 Å². The summed E-state index contributed by atoms with van der Waals surface area (Å²) in [6, 6.07) is 16.5. The first kappa shape index (κ1) is 16.3. The fraction of sp³-hybridized carbons (Fsp3) is 0.409. The smallest absolute Gasteiger partial charge is 0.254 e. The summed E-state index contributed by atoms with van der Waals surface area (Å²) >= 11 is 0. The maximum Gasteiger partial charge on any atom is 0.254 e. The van der Waals surface area contributed by atoms with Gasteiger partial charge in [0.2, 0.25) is 0 Å². The van der Waals surface area contributed by atoms with E-state index in [-0.39, 0.29) is 18.1 Å². The summed E-state index contributed by atoms with van der Waals surface area (Å²) in [6.07, 6.45) is 4.74. The Balaban J connectivity index is 1.55. The van der Waals surface area contributed by atoms with E-state index in [9.17, 15) is 4.79 Å². The number of morpholine rings is 1. The molecule has 1 aliphatic heterocycles. The van der Waals surface area contributed by atoms with Gasteiger partial charge in [0.1, 0.15) is 6.10 Å². The Hall–Kier alpha value is -2.13. The molecule has 2 aliphatic rings. The Morgan fingerprint density at radius 1 is 1.00 bits per heavy atom. The van der Waals surface area contributed by atoms with Crippen LogP contribution in [-0.2, 0) is 17.6 Å². The average Bonchev–Trinajstić information content (AvgIpc) is 2.67. The molecule has 3 heteroatoms. The molecule has 1 saturated heterocycles. The Labute approximate surface area is 149 Å². The number of nitrogens with zero attached hydrogens (tertiary/aromatic N) is 1. The van der Waals surface area contributed by atoms with E-state index in [1.807, 2.05) is 36.1 Å². The van der Waals surface area contributed by atoms with Gasteiger partial charge >= 0.3 is 0 Å². The van der Waals surface area contributed by atoms with Crippen LogP contribution in [0.1, 0.15) is 52.9 Å². The van der Waals surface area contributed by atoms with Gasteiger partial charge in [0.05, 0.1) is 12.6 Å². The number of aryl methyl sites for hydroxylation is 2. The normalized spacial score (nSPS) is 23.2. The monoisotopic (exact) mass is 335 g/mol. The number of ether oxygens (including phenoxy) is 1. The topological polar surface area (TPSA) is 29.5 Å². The highest BCUT2D eigenvalue weighted by atomic mass is 16.5. The van der Waals surface area contributed by atoms with Crippen molar-refractivity contribution in [1.82, 2.24) is 4.90 Å². The molecule has 0 bridgehead atoms. The third-order valence-electron chi connectivity index (χ3n) is 5.31. The van der Waals surface area contributed by atoms with E-state index >= 15 is 0 Å². The predicted molar refractivity (Wildman–Crippen MR) is 98.7 cm³/mol. The van der Waals surface area contributed by atoms with Crippen molar-refractivity contribution in [3.05, 3.63) is 70.8 Å². The van der Waals surface area contributed by atoms with Crippen molar-refractivity contribution in [2.75, 3.05) is 13.1 Å². The van der Waals surface area contributed by atoms with Crippen LogP contribution in [0.5, 0.6) is 0 Å². The second-order valence-corrected chi connectivity index (χ2v) is 7.25. The Kier molecular flexibility index (Phi) is 4.58. The molecule has 4 rings (SSSR count). The average molecular weight is 335 g/mol. The molecule has 0 N–H and O–H groups in total. The van der Waals surface area contributed by atoms with Crippen LogP contribution < -0.4 is 0 Å². The van der Waals surface area contributed by atoms with Crippen molar-refractivity contribution >= 4 is 5.91 Å². The highest BCUT2D eigenvalue weighted by Gasteiger charge is 2.30. The molecular formula is C22H25NO2. The molecule has 1 amide bonds. The minimum absolute atomic E-state index is 0.0422. The Morgan fingerprint density at radius 3 is 2.56 bits per heavy atom. The quantitative estimate of drug-likeness (QED) is 0.824. The van der Waals surface area contributed by atoms with E-state index in [1.165, 1.54) is 24.0 Å². The first-order chi connectivity index (χ1) is 12.2. The summed E-state index contributed by atoms with van der Waals surface area (Å²) in [7, 11) is 0. The molecule has 0 saturated carbocycles. The number of hydrogen-bond acceptors (Lipinski definition) is 2. The highest BCUT2D eigenvalue weighted by Crippen LogP contribution is 2.27. The zero-order valence-corrected chi connectivity index (χ0v) is 14.8. The van der Waals surface area contributed by atoms with Gasteiger partial charge in [-0.15, -0.1) is 0 Å². The summed E-state index contributed by atoms with van der Waals surface area (Å²) in [5.41, 5.74) is 4.73. The van der Waals surface area contributed by atoms with Crippen molar-refractivity contribution in [1.29, 1.82) is 0 Å². The standard InChI is InChI=1S/C22H25NO2/c1-16-14-23(15-21(25-16)18-8-3-2-4-9-18)22(24)20-12-11-17-7-5-6-10-19(17)13-20/h2-4,8-9,11-13,16,21H,5-7,10,14-15H2,1H3. The van der Waals surface area contributed by atoms with E-state index in [0.717, 1.165) is 24.0 Å². The van der Waals surface area contributed by atoms with Gasteiger partial charge in [0, 0.05) is 12.1 Å². The molecule has 1 heterocycles. The number of carbonyl (C=O) groups excluding carboxylic acids is 1. The number of fused-ring (bicyclic) bond motifs is 1. The second kappa shape index (κ2) is 7.01. The third-order valence-corrected chi connectivity index (χ3v) is 5.31. The van der Waals surface area contributed by atoms with Gasteiger partial charge in [-0.2, -0.15) is 0 Å². The molecule has 3 nitrogen and oxygen atoms in total. The molecule has 1 fully saturated rings. The summed E-state index contributed by atoms with van der Waals surface area (Å²) < 4.78 is 6.09. The fourth-order valence-corrected chi connectivity index (χ4v) is 4.02. The van der Waals surface area contributed by atoms with Crippen LogP contribution in [-0.4, -0.2) is 30.0 Å². The summed E-state index contributed by atoms with van der Waals surface area (Å²) in [4.78, 5) is 15.0. The molecule has 2 aromatic rings. The van der Waals surface area contributed by atoms with E-state index in [4.69, 9.17) is 4.74 Å². The zero-order valence-electron chi connectivity index (χ0n) is 14.8. The molecule has 2 atom stereocenters.